The topological polar surface area (TPSA) is 64.3 Å². The molecule has 0 aromatic carbocycles. The molecule has 8 heteroatoms. The Morgan fingerprint density at radius 1 is 1.45 bits per heavy atom. The number of rotatable bonds is 7. The van der Waals surface area contributed by atoms with Crippen molar-refractivity contribution in [2.75, 3.05) is 11.9 Å². The molecule has 2 heterocycles. The second-order valence-electron chi connectivity index (χ2n) is 4.67. The number of amides is 1. The number of nitrogens with one attached hydrogen (secondary N) is 1. The normalized spacial score (nSPS) is 12.2. The second kappa shape index (κ2) is 7.66. The molecule has 0 spiro atoms. The zero-order valence-electron chi connectivity index (χ0n) is 13.1. The van der Waals surface area contributed by atoms with Crippen LogP contribution in [0.1, 0.15) is 24.4 Å². The number of carbonyl (C=O) groups excluding carboxylic acids is 1. The van der Waals surface area contributed by atoms with Crippen LogP contribution in [0, 0.1) is 13.8 Å². The van der Waals surface area contributed by atoms with E-state index in [1.165, 1.54) is 16.2 Å². The van der Waals surface area contributed by atoms with E-state index >= 15 is 0 Å². The summed E-state index contributed by atoms with van der Waals surface area (Å²) >= 11 is 2.96. The van der Waals surface area contributed by atoms with Crippen molar-refractivity contribution in [1.82, 2.24) is 4.98 Å². The van der Waals surface area contributed by atoms with Crippen molar-refractivity contribution in [3.63, 3.8) is 0 Å². The van der Waals surface area contributed by atoms with Gasteiger partial charge in [0.2, 0.25) is 17.9 Å². The van der Waals surface area contributed by atoms with Crippen LogP contribution >= 0.6 is 22.7 Å². The van der Waals surface area contributed by atoms with Crippen LogP contribution in [0.25, 0.3) is 0 Å². The van der Waals surface area contributed by atoms with Crippen LogP contribution in [0.2, 0.25) is 0 Å². The highest BCUT2D eigenvalue weighted by molar-refractivity contribution is 7.14. The van der Waals surface area contributed by atoms with Gasteiger partial charge in [-0.2, -0.15) is 9.55 Å². The summed E-state index contributed by atoms with van der Waals surface area (Å²) in [5.74, 6) is 0.348. The van der Waals surface area contributed by atoms with Crippen LogP contribution < -0.4 is 14.6 Å². The van der Waals surface area contributed by atoms with E-state index in [9.17, 15) is 4.79 Å². The highest BCUT2D eigenvalue weighted by Crippen LogP contribution is 2.22. The van der Waals surface area contributed by atoms with E-state index in [1.807, 2.05) is 30.8 Å². The van der Waals surface area contributed by atoms with E-state index in [4.69, 9.17) is 9.47 Å². The van der Waals surface area contributed by atoms with Crippen LogP contribution in [0.4, 0.5) is 5.13 Å². The molecule has 0 bridgehead atoms. The summed E-state index contributed by atoms with van der Waals surface area (Å²) in [6.45, 7) is 8.60. The van der Waals surface area contributed by atoms with E-state index < -0.39 is 0 Å². The summed E-state index contributed by atoms with van der Waals surface area (Å²) in [6, 6.07) is 0. The number of ether oxygens (including phenoxy) is 2. The van der Waals surface area contributed by atoms with Crippen molar-refractivity contribution in [3.05, 3.63) is 21.5 Å². The molecule has 1 unspecified atom stereocenters. The largest absolute Gasteiger partial charge is 0.447 e. The fraction of sp³-hybridized carbons (Fsp3) is 0.500. The maximum atomic E-state index is 12.1. The fourth-order valence-corrected chi connectivity index (χ4v) is 3.23. The molecule has 1 N–H and O–H groups in total. The fourth-order valence-electron chi connectivity index (χ4n) is 1.79. The Hall–Kier alpha value is -1.51. The number of nitrogens with zero attached hydrogens (tertiary/aromatic N) is 2. The van der Waals surface area contributed by atoms with E-state index in [0.29, 0.717) is 17.6 Å². The van der Waals surface area contributed by atoms with E-state index in [-0.39, 0.29) is 18.7 Å². The molecule has 6 nitrogen and oxygen atoms in total. The first-order valence-electron chi connectivity index (χ1n) is 6.97. The second-order valence-corrected chi connectivity index (χ2v) is 6.59. The van der Waals surface area contributed by atoms with Crippen molar-refractivity contribution in [2.24, 2.45) is 0 Å². The average molecular weight is 342 g/mol. The van der Waals surface area contributed by atoms with Crippen molar-refractivity contribution in [2.45, 2.75) is 40.5 Å². The summed E-state index contributed by atoms with van der Waals surface area (Å²) in [5, 5.41) is 5.05. The standard InChI is InChI=1S/C14H19N3O3S2/c1-5-19-11(4)20-13-7-21-14(16-13)15-12(18)6-17-8-22-10(3)9(17)2/h7-8,11H,5-6H2,1-4H3/p+1. The summed E-state index contributed by atoms with van der Waals surface area (Å²) in [7, 11) is 0. The molecule has 0 saturated heterocycles. The van der Waals surface area contributed by atoms with Gasteiger partial charge in [-0.1, -0.05) is 11.3 Å². The summed E-state index contributed by atoms with van der Waals surface area (Å²) in [4.78, 5) is 17.5. The Kier molecular flexibility index (Phi) is 5.87. The molecule has 2 rings (SSSR count). The lowest BCUT2D eigenvalue weighted by Gasteiger charge is -2.11. The summed E-state index contributed by atoms with van der Waals surface area (Å²) in [6.07, 6.45) is -0.359. The Labute approximate surface area is 137 Å². The Bertz CT molecular complexity index is 639. The third kappa shape index (κ3) is 4.49. The molecule has 22 heavy (non-hydrogen) atoms. The molecule has 1 amide bonds. The SMILES string of the molecule is CCOC(C)Oc1csc(NC(=O)C[n+]2csc(C)c2C)n1. The lowest BCUT2D eigenvalue weighted by molar-refractivity contribution is -0.685. The van der Waals surface area contributed by atoms with Crippen LogP contribution in [0.15, 0.2) is 10.9 Å². The van der Waals surface area contributed by atoms with Gasteiger partial charge in [0, 0.05) is 13.5 Å². The molecule has 0 aliphatic carbocycles. The van der Waals surface area contributed by atoms with E-state index in [1.54, 1.807) is 23.6 Å². The van der Waals surface area contributed by atoms with Gasteiger partial charge in [0.1, 0.15) is 0 Å². The highest BCUT2D eigenvalue weighted by atomic mass is 32.1. The minimum absolute atomic E-state index is 0.107. The lowest BCUT2D eigenvalue weighted by Crippen LogP contribution is -2.40. The molecule has 0 aliphatic rings. The molecule has 1 atom stereocenters. The van der Waals surface area contributed by atoms with Crippen molar-refractivity contribution in [1.29, 1.82) is 0 Å². The number of anilines is 1. The maximum absolute atomic E-state index is 12.1. The Morgan fingerprint density at radius 2 is 2.23 bits per heavy atom. The van der Waals surface area contributed by atoms with Crippen LogP contribution in [0.3, 0.4) is 0 Å². The number of thiazole rings is 2. The zero-order valence-corrected chi connectivity index (χ0v) is 14.7. The Balaban J connectivity index is 1.89. The van der Waals surface area contributed by atoms with Crippen molar-refractivity contribution < 1.29 is 18.8 Å². The average Bonchev–Trinajstić information content (AvgIpc) is 3.00. The molecule has 0 aliphatic heterocycles. The van der Waals surface area contributed by atoms with Crippen LogP contribution in [-0.4, -0.2) is 23.8 Å². The maximum Gasteiger partial charge on any atom is 0.292 e. The van der Waals surface area contributed by atoms with E-state index in [0.717, 1.165) is 5.69 Å². The number of hydrogen-bond donors (Lipinski definition) is 1. The predicted molar refractivity (Wildman–Crippen MR) is 86.4 cm³/mol. The van der Waals surface area contributed by atoms with Gasteiger partial charge in [-0.15, -0.1) is 11.3 Å². The Morgan fingerprint density at radius 3 is 2.86 bits per heavy atom. The molecule has 0 radical (unpaired) electrons. The summed E-state index contributed by atoms with van der Waals surface area (Å²) in [5.41, 5.74) is 3.05. The number of aromatic nitrogens is 2. The quantitative estimate of drug-likeness (QED) is 0.620. The van der Waals surface area contributed by atoms with Crippen LogP contribution in [-0.2, 0) is 16.1 Å². The molecular weight excluding hydrogens is 322 g/mol. The van der Waals surface area contributed by atoms with Gasteiger partial charge in [0.25, 0.3) is 5.91 Å². The van der Waals surface area contributed by atoms with Crippen LogP contribution in [0.5, 0.6) is 5.88 Å². The van der Waals surface area contributed by atoms with Gasteiger partial charge in [-0.25, -0.2) is 0 Å². The van der Waals surface area contributed by atoms with Gasteiger partial charge in [0.05, 0.1) is 10.3 Å². The first kappa shape index (κ1) is 16.9. The number of hydrogen-bond acceptors (Lipinski definition) is 6. The number of carbonyl (C=O) groups is 1. The molecular formula is C14H20N3O3S2+. The molecule has 0 fully saturated rings. The third-order valence-corrected chi connectivity index (χ3v) is 4.77. The minimum atomic E-state index is -0.359. The molecule has 2 aromatic heterocycles. The predicted octanol–water partition coefficient (Wildman–Crippen LogP) is 2.51. The first-order chi connectivity index (χ1) is 10.5. The monoisotopic (exact) mass is 342 g/mol. The lowest BCUT2D eigenvalue weighted by atomic mass is 10.4. The van der Waals surface area contributed by atoms with Gasteiger partial charge < -0.3 is 9.47 Å². The highest BCUT2D eigenvalue weighted by Gasteiger charge is 2.17. The molecule has 0 saturated carbocycles. The van der Waals surface area contributed by atoms with Gasteiger partial charge in [-0.05, 0) is 20.8 Å². The minimum Gasteiger partial charge on any atom is -0.447 e. The summed E-state index contributed by atoms with van der Waals surface area (Å²) < 4.78 is 12.7. The van der Waals surface area contributed by atoms with Gasteiger partial charge >= 0.3 is 0 Å². The molecule has 2 aromatic rings. The number of aryl methyl sites for hydroxylation is 1. The van der Waals surface area contributed by atoms with E-state index in [2.05, 4.69) is 10.3 Å². The molecule has 120 valence electrons. The zero-order chi connectivity index (χ0) is 16.1. The smallest absolute Gasteiger partial charge is 0.292 e. The first-order valence-corrected chi connectivity index (χ1v) is 8.73. The van der Waals surface area contributed by atoms with Gasteiger partial charge in [0.15, 0.2) is 17.1 Å². The van der Waals surface area contributed by atoms with Crippen molar-refractivity contribution in [3.8, 4) is 5.88 Å². The van der Waals surface area contributed by atoms with Crippen molar-refractivity contribution >= 4 is 33.7 Å². The third-order valence-electron chi connectivity index (χ3n) is 3.03. The van der Waals surface area contributed by atoms with Gasteiger partial charge in [-0.3, -0.25) is 10.1 Å².